The lowest BCUT2D eigenvalue weighted by Gasteiger charge is -2.08. The van der Waals surface area contributed by atoms with Crippen molar-refractivity contribution in [3.63, 3.8) is 0 Å². The number of benzene rings is 2. The maximum atomic E-state index is 13.7. The zero-order valence-electron chi connectivity index (χ0n) is 10.3. The number of imidazole rings is 1. The van der Waals surface area contributed by atoms with Gasteiger partial charge in [0, 0.05) is 16.6 Å². The van der Waals surface area contributed by atoms with Crippen LogP contribution in [0.5, 0.6) is 0 Å². The Morgan fingerprint density at radius 1 is 1.20 bits per heavy atom. The molecule has 0 aliphatic heterocycles. The maximum Gasteiger partial charge on any atom is 0.201 e. The van der Waals surface area contributed by atoms with E-state index in [1.165, 1.54) is 6.07 Å². The number of hydrogen-bond donors (Lipinski definition) is 1. The molecule has 2 N–H and O–H groups in total. The molecule has 6 heteroatoms. The minimum Gasteiger partial charge on any atom is -0.369 e. The maximum absolute atomic E-state index is 13.7. The summed E-state index contributed by atoms with van der Waals surface area (Å²) in [5, 5.41) is 0. The molecule has 0 aliphatic rings. The molecule has 1 heterocycles. The van der Waals surface area contributed by atoms with Crippen molar-refractivity contribution >= 4 is 32.9 Å². The van der Waals surface area contributed by atoms with Crippen LogP contribution in [0, 0.1) is 11.6 Å². The minimum absolute atomic E-state index is 0.0796. The third kappa shape index (κ3) is 2.16. The van der Waals surface area contributed by atoms with Crippen molar-refractivity contribution in [3.05, 3.63) is 58.1 Å². The van der Waals surface area contributed by atoms with E-state index in [0.717, 1.165) is 16.1 Å². The van der Waals surface area contributed by atoms with Gasteiger partial charge in [-0.2, -0.15) is 0 Å². The number of nitrogen functional groups attached to an aromatic ring is 1. The summed E-state index contributed by atoms with van der Waals surface area (Å²) in [4.78, 5) is 3.96. The Bertz CT molecular complexity index is 798. The van der Waals surface area contributed by atoms with Crippen LogP contribution in [0.25, 0.3) is 11.0 Å². The predicted octanol–water partition coefficient (Wildman–Crippen LogP) is 3.71. The van der Waals surface area contributed by atoms with Gasteiger partial charge in [-0.05, 0) is 11.6 Å². The third-order valence-corrected chi connectivity index (χ3v) is 3.86. The number of nitrogens with two attached hydrogens (primary N) is 1. The van der Waals surface area contributed by atoms with Crippen molar-refractivity contribution in [3.8, 4) is 0 Å². The summed E-state index contributed by atoms with van der Waals surface area (Å²) >= 11 is 3.44. The van der Waals surface area contributed by atoms with Crippen molar-refractivity contribution < 1.29 is 8.78 Å². The van der Waals surface area contributed by atoms with E-state index in [9.17, 15) is 8.78 Å². The molecule has 0 radical (unpaired) electrons. The van der Waals surface area contributed by atoms with Gasteiger partial charge in [0.15, 0.2) is 5.82 Å². The van der Waals surface area contributed by atoms with E-state index in [-0.39, 0.29) is 11.5 Å². The van der Waals surface area contributed by atoms with Crippen molar-refractivity contribution in [2.24, 2.45) is 0 Å². The van der Waals surface area contributed by atoms with Crippen LogP contribution in [0.3, 0.4) is 0 Å². The van der Waals surface area contributed by atoms with Crippen molar-refractivity contribution in [1.82, 2.24) is 9.55 Å². The third-order valence-electron chi connectivity index (χ3n) is 3.09. The Morgan fingerprint density at radius 3 is 2.70 bits per heavy atom. The number of rotatable bonds is 2. The Labute approximate surface area is 122 Å². The van der Waals surface area contributed by atoms with Crippen LogP contribution in [0.1, 0.15) is 5.56 Å². The van der Waals surface area contributed by atoms with Gasteiger partial charge in [0.25, 0.3) is 0 Å². The van der Waals surface area contributed by atoms with E-state index >= 15 is 0 Å². The van der Waals surface area contributed by atoms with Crippen LogP contribution >= 0.6 is 15.9 Å². The fourth-order valence-corrected chi connectivity index (χ4v) is 2.54. The lowest BCUT2D eigenvalue weighted by molar-refractivity contribution is 0.590. The van der Waals surface area contributed by atoms with Gasteiger partial charge in [0.2, 0.25) is 5.95 Å². The molecule has 3 nitrogen and oxygen atoms in total. The van der Waals surface area contributed by atoms with E-state index in [0.29, 0.717) is 12.1 Å². The second-order valence-electron chi connectivity index (χ2n) is 4.40. The topological polar surface area (TPSA) is 43.8 Å². The van der Waals surface area contributed by atoms with Crippen LogP contribution in [0.2, 0.25) is 0 Å². The lowest BCUT2D eigenvalue weighted by Crippen LogP contribution is -2.05. The van der Waals surface area contributed by atoms with Gasteiger partial charge in [0.05, 0.1) is 12.1 Å². The van der Waals surface area contributed by atoms with Crippen LogP contribution in [-0.4, -0.2) is 9.55 Å². The largest absolute Gasteiger partial charge is 0.369 e. The standard InChI is InChI=1S/C14H10BrF2N3/c15-10-4-2-1-3-8(10)7-20-12-6-9(16)5-11(17)13(12)19-14(20)18/h1-6H,7H2,(H2,18,19). The molecular weight excluding hydrogens is 328 g/mol. The van der Waals surface area contributed by atoms with Gasteiger partial charge in [-0.15, -0.1) is 0 Å². The summed E-state index contributed by atoms with van der Waals surface area (Å²) in [5.41, 5.74) is 7.19. The number of fused-ring (bicyclic) bond motifs is 1. The molecule has 20 heavy (non-hydrogen) atoms. The summed E-state index contributed by atoms with van der Waals surface area (Å²) in [6, 6.07) is 9.62. The molecule has 0 bridgehead atoms. The second kappa shape index (κ2) is 4.86. The van der Waals surface area contributed by atoms with E-state index in [4.69, 9.17) is 5.73 Å². The monoisotopic (exact) mass is 337 g/mol. The van der Waals surface area contributed by atoms with Crippen LogP contribution in [-0.2, 0) is 6.54 Å². The molecule has 0 aliphatic carbocycles. The summed E-state index contributed by atoms with van der Waals surface area (Å²) < 4.78 is 29.5. The van der Waals surface area contributed by atoms with Crippen molar-refractivity contribution in [1.29, 1.82) is 0 Å². The first-order chi connectivity index (χ1) is 9.56. The Balaban J connectivity index is 2.17. The number of aromatic nitrogens is 2. The molecule has 3 aromatic rings. The molecule has 0 atom stereocenters. The molecule has 0 amide bonds. The van der Waals surface area contributed by atoms with E-state index in [1.54, 1.807) is 4.57 Å². The number of hydrogen-bond acceptors (Lipinski definition) is 2. The SMILES string of the molecule is Nc1nc2c(F)cc(F)cc2n1Cc1ccccc1Br. The summed E-state index contributed by atoms with van der Waals surface area (Å²) in [7, 11) is 0. The predicted molar refractivity (Wildman–Crippen MR) is 77.3 cm³/mol. The Hall–Kier alpha value is -1.95. The summed E-state index contributed by atoms with van der Waals surface area (Å²) in [5.74, 6) is -1.21. The normalized spacial score (nSPS) is 11.2. The lowest BCUT2D eigenvalue weighted by atomic mass is 10.2. The fraction of sp³-hybridized carbons (Fsp3) is 0.0714. The van der Waals surface area contributed by atoms with Crippen LogP contribution in [0.15, 0.2) is 40.9 Å². The van der Waals surface area contributed by atoms with E-state index < -0.39 is 11.6 Å². The van der Waals surface area contributed by atoms with E-state index in [1.807, 2.05) is 24.3 Å². The highest BCUT2D eigenvalue weighted by Gasteiger charge is 2.14. The van der Waals surface area contributed by atoms with Gasteiger partial charge in [0.1, 0.15) is 11.3 Å². The molecule has 2 aromatic carbocycles. The van der Waals surface area contributed by atoms with Gasteiger partial charge >= 0.3 is 0 Å². The number of nitrogens with zero attached hydrogens (tertiary/aromatic N) is 2. The quantitative estimate of drug-likeness (QED) is 0.774. The van der Waals surface area contributed by atoms with Crippen molar-refractivity contribution in [2.45, 2.75) is 6.54 Å². The Kier molecular flexibility index (Phi) is 3.17. The molecule has 0 unspecified atom stereocenters. The second-order valence-corrected chi connectivity index (χ2v) is 5.26. The molecule has 0 saturated heterocycles. The highest BCUT2D eigenvalue weighted by Crippen LogP contribution is 2.25. The average Bonchev–Trinajstić information content (AvgIpc) is 2.70. The van der Waals surface area contributed by atoms with Crippen LogP contribution < -0.4 is 5.73 Å². The first-order valence-electron chi connectivity index (χ1n) is 5.90. The number of anilines is 1. The smallest absolute Gasteiger partial charge is 0.201 e. The van der Waals surface area contributed by atoms with Gasteiger partial charge in [-0.25, -0.2) is 13.8 Å². The molecule has 3 rings (SSSR count). The zero-order chi connectivity index (χ0) is 14.3. The minimum atomic E-state index is -0.711. The van der Waals surface area contributed by atoms with Gasteiger partial charge in [-0.3, -0.25) is 0 Å². The van der Waals surface area contributed by atoms with Gasteiger partial charge in [-0.1, -0.05) is 34.1 Å². The summed E-state index contributed by atoms with van der Waals surface area (Å²) in [6.07, 6.45) is 0. The first-order valence-corrected chi connectivity index (χ1v) is 6.69. The molecule has 0 saturated carbocycles. The molecule has 0 fully saturated rings. The zero-order valence-corrected chi connectivity index (χ0v) is 11.9. The fourth-order valence-electron chi connectivity index (χ4n) is 2.13. The highest BCUT2D eigenvalue weighted by molar-refractivity contribution is 9.10. The first kappa shape index (κ1) is 13.1. The number of halogens is 3. The Morgan fingerprint density at radius 2 is 1.95 bits per heavy atom. The summed E-state index contributed by atoms with van der Waals surface area (Å²) in [6.45, 7) is 0.382. The molecule has 0 spiro atoms. The van der Waals surface area contributed by atoms with Crippen LogP contribution in [0.4, 0.5) is 14.7 Å². The van der Waals surface area contributed by atoms with Crippen molar-refractivity contribution in [2.75, 3.05) is 5.73 Å². The van der Waals surface area contributed by atoms with E-state index in [2.05, 4.69) is 20.9 Å². The molecular formula is C14H10BrF2N3. The van der Waals surface area contributed by atoms with Gasteiger partial charge < -0.3 is 10.3 Å². The molecule has 1 aromatic heterocycles. The highest BCUT2D eigenvalue weighted by atomic mass is 79.9. The average molecular weight is 338 g/mol. The molecule has 102 valence electrons.